The van der Waals surface area contributed by atoms with E-state index in [2.05, 4.69) is 20.7 Å². The minimum Gasteiger partial charge on any atom is -0.449 e. The van der Waals surface area contributed by atoms with Gasteiger partial charge in [-0.3, -0.25) is 10.2 Å². The fraction of sp³-hybridized carbons (Fsp3) is 0.188. The highest BCUT2D eigenvalue weighted by atomic mass is 32.1. The Hall–Kier alpha value is -2.94. The van der Waals surface area contributed by atoms with Crippen molar-refractivity contribution in [3.8, 4) is 5.69 Å². The summed E-state index contributed by atoms with van der Waals surface area (Å²) < 4.78 is 19.4. The second-order valence-electron chi connectivity index (χ2n) is 5.10. The Balaban J connectivity index is 1.87. The summed E-state index contributed by atoms with van der Waals surface area (Å²) in [7, 11) is 0. The van der Waals surface area contributed by atoms with Crippen LogP contribution in [0, 0.1) is 12.7 Å². The van der Waals surface area contributed by atoms with Crippen LogP contribution in [0.3, 0.4) is 0 Å². The summed E-state index contributed by atoms with van der Waals surface area (Å²) >= 11 is 1.22. The van der Waals surface area contributed by atoms with Crippen molar-refractivity contribution < 1.29 is 18.7 Å². The molecule has 0 aliphatic heterocycles. The van der Waals surface area contributed by atoms with Crippen LogP contribution < -0.4 is 10.9 Å². The molecule has 3 rings (SSSR count). The summed E-state index contributed by atoms with van der Waals surface area (Å²) in [4.78, 5) is 24.6. The molecule has 0 atom stereocenters. The SMILES string of the molecule is CCOC(=O)NNC(=O)c1cc2c(C)nn(-c3ccc(F)cc3)c2s1. The van der Waals surface area contributed by atoms with E-state index in [1.54, 1.807) is 29.8 Å². The van der Waals surface area contributed by atoms with Crippen molar-refractivity contribution in [2.75, 3.05) is 6.61 Å². The number of nitrogens with zero attached hydrogens (tertiary/aromatic N) is 2. The maximum atomic E-state index is 13.1. The smallest absolute Gasteiger partial charge is 0.426 e. The zero-order valence-corrected chi connectivity index (χ0v) is 14.3. The molecule has 2 N–H and O–H groups in total. The number of rotatable bonds is 3. The predicted octanol–water partition coefficient (Wildman–Crippen LogP) is 2.93. The van der Waals surface area contributed by atoms with Gasteiger partial charge in [-0.25, -0.2) is 19.3 Å². The van der Waals surface area contributed by atoms with E-state index >= 15 is 0 Å². The number of aromatic nitrogens is 2. The number of fused-ring (bicyclic) bond motifs is 1. The van der Waals surface area contributed by atoms with E-state index in [-0.39, 0.29) is 12.4 Å². The summed E-state index contributed by atoms with van der Waals surface area (Å²) in [6.45, 7) is 3.70. The average Bonchev–Trinajstić information content (AvgIpc) is 3.15. The van der Waals surface area contributed by atoms with Crippen molar-refractivity contribution in [1.29, 1.82) is 0 Å². The van der Waals surface area contributed by atoms with E-state index < -0.39 is 12.0 Å². The summed E-state index contributed by atoms with van der Waals surface area (Å²) in [5.41, 5.74) is 5.89. The summed E-state index contributed by atoms with van der Waals surface area (Å²) in [5.74, 6) is -0.792. The number of amides is 2. The first-order valence-electron chi connectivity index (χ1n) is 7.47. The second kappa shape index (κ2) is 6.89. The van der Waals surface area contributed by atoms with Crippen LogP contribution in [0.15, 0.2) is 30.3 Å². The van der Waals surface area contributed by atoms with Crippen molar-refractivity contribution >= 4 is 33.6 Å². The normalized spacial score (nSPS) is 10.7. The van der Waals surface area contributed by atoms with Crippen LogP contribution >= 0.6 is 11.3 Å². The molecule has 0 bridgehead atoms. The zero-order chi connectivity index (χ0) is 18.0. The molecule has 0 saturated heterocycles. The van der Waals surface area contributed by atoms with Gasteiger partial charge < -0.3 is 4.74 Å². The molecule has 9 heteroatoms. The molecule has 0 radical (unpaired) electrons. The van der Waals surface area contributed by atoms with Crippen molar-refractivity contribution in [3.63, 3.8) is 0 Å². The fourth-order valence-electron chi connectivity index (χ4n) is 2.25. The molecule has 1 aromatic carbocycles. The van der Waals surface area contributed by atoms with Gasteiger partial charge in [0.1, 0.15) is 10.6 Å². The molecule has 3 aromatic rings. The number of hydrazine groups is 1. The second-order valence-corrected chi connectivity index (χ2v) is 6.13. The number of aryl methyl sites for hydroxylation is 1. The van der Waals surface area contributed by atoms with Gasteiger partial charge in [-0.05, 0) is 44.2 Å². The molecule has 0 fully saturated rings. The number of carbonyl (C=O) groups is 2. The molecule has 7 nitrogen and oxygen atoms in total. The number of hydrogen-bond donors (Lipinski definition) is 2. The van der Waals surface area contributed by atoms with Gasteiger partial charge in [-0.1, -0.05) is 0 Å². The number of hydrogen-bond acceptors (Lipinski definition) is 5. The lowest BCUT2D eigenvalue weighted by Gasteiger charge is -2.05. The lowest BCUT2D eigenvalue weighted by molar-refractivity contribution is 0.0916. The third-order valence-corrected chi connectivity index (χ3v) is 4.50. The van der Waals surface area contributed by atoms with Crippen LogP contribution in [-0.4, -0.2) is 28.4 Å². The molecular weight excluding hydrogens is 347 g/mol. The molecular formula is C16H15FN4O3S. The quantitative estimate of drug-likeness (QED) is 0.702. The number of ether oxygens (including phenoxy) is 1. The van der Waals surface area contributed by atoms with Gasteiger partial charge in [0, 0.05) is 5.39 Å². The van der Waals surface area contributed by atoms with Gasteiger partial charge in [-0.2, -0.15) is 5.10 Å². The molecule has 2 heterocycles. The van der Waals surface area contributed by atoms with Gasteiger partial charge in [0.05, 0.1) is 22.9 Å². The molecule has 0 unspecified atom stereocenters. The van der Waals surface area contributed by atoms with Crippen LogP contribution in [0.25, 0.3) is 15.9 Å². The Kier molecular flexibility index (Phi) is 4.66. The maximum absolute atomic E-state index is 13.1. The minimum atomic E-state index is -0.731. The molecule has 0 spiro atoms. The van der Waals surface area contributed by atoms with Gasteiger partial charge in [0.25, 0.3) is 5.91 Å². The van der Waals surface area contributed by atoms with Crippen LogP contribution in [0.4, 0.5) is 9.18 Å². The lowest BCUT2D eigenvalue weighted by Crippen LogP contribution is -2.41. The Labute approximate surface area is 146 Å². The summed E-state index contributed by atoms with van der Waals surface area (Å²) in [5, 5.41) is 5.25. The largest absolute Gasteiger partial charge is 0.449 e. The molecule has 0 aliphatic rings. The first kappa shape index (κ1) is 16.9. The first-order valence-corrected chi connectivity index (χ1v) is 8.29. The Morgan fingerprint density at radius 1 is 1.28 bits per heavy atom. The first-order chi connectivity index (χ1) is 12.0. The molecule has 2 amide bonds. The van der Waals surface area contributed by atoms with E-state index in [0.29, 0.717) is 10.6 Å². The van der Waals surface area contributed by atoms with Crippen LogP contribution in [0.2, 0.25) is 0 Å². The molecule has 130 valence electrons. The van der Waals surface area contributed by atoms with E-state index in [1.807, 2.05) is 6.92 Å². The predicted molar refractivity (Wildman–Crippen MR) is 91.3 cm³/mol. The van der Waals surface area contributed by atoms with E-state index in [0.717, 1.165) is 15.9 Å². The standard InChI is InChI=1S/C16H15FN4O3S/c1-3-24-16(23)19-18-14(22)13-8-12-9(2)20-21(15(12)25-13)11-6-4-10(17)5-7-11/h4-8H,3H2,1-2H3,(H,18,22)(H,19,23). The Morgan fingerprint density at radius 3 is 2.68 bits per heavy atom. The van der Waals surface area contributed by atoms with E-state index in [4.69, 9.17) is 0 Å². The third kappa shape index (κ3) is 3.45. The highest BCUT2D eigenvalue weighted by Gasteiger charge is 2.17. The highest BCUT2D eigenvalue weighted by Crippen LogP contribution is 2.30. The van der Waals surface area contributed by atoms with Crippen molar-refractivity contribution in [2.24, 2.45) is 0 Å². The lowest BCUT2D eigenvalue weighted by atomic mass is 10.3. The zero-order valence-electron chi connectivity index (χ0n) is 13.5. The third-order valence-electron chi connectivity index (χ3n) is 3.39. The Morgan fingerprint density at radius 2 is 2.00 bits per heavy atom. The monoisotopic (exact) mass is 362 g/mol. The van der Waals surface area contributed by atoms with Crippen LogP contribution in [0.5, 0.6) is 0 Å². The van der Waals surface area contributed by atoms with Gasteiger partial charge in [0.2, 0.25) is 0 Å². The average molecular weight is 362 g/mol. The van der Waals surface area contributed by atoms with Crippen molar-refractivity contribution in [2.45, 2.75) is 13.8 Å². The molecule has 0 saturated carbocycles. The highest BCUT2D eigenvalue weighted by molar-refractivity contribution is 7.20. The molecule has 0 aliphatic carbocycles. The topological polar surface area (TPSA) is 85.2 Å². The van der Waals surface area contributed by atoms with Gasteiger partial charge in [0.15, 0.2) is 0 Å². The van der Waals surface area contributed by atoms with Crippen LogP contribution in [-0.2, 0) is 4.74 Å². The minimum absolute atomic E-state index is 0.206. The molecule has 2 aromatic heterocycles. The number of thiophene rings is 1. The number of nitrogens with one attached hydrogen (secondary N) is 2. The Bertz CT molecular complexity index is 933. The number of benzene rings is 1. The van der Waals surface area contributed by atoms with Crippen LogP contribution in [0.1, 0.15) is 22.3 Å². The van der Waals surface area contributed by atoms with Crippen molar-refractivity contribution in [3.05, 3.63) is 46.7 Å². The number of carbonyl (C=O) groups excluding carboxylic acids is 2. The summed E-state index contributed by atoms with van der Waals surface area (Å²) in [6.07, 6.45) is -0.731. The summed E-state index contributed by atoms with van der Waals surface area (Å²) in [6, 6.07) is 7.63. The van der Waals surface area contributed by atoms with E-state index in [9.17, 15) is 14.0 Å². The van der Waals surface area contributed by atoms with Gasteiger partial charge >= 0.3 is 6.09 Å². The van der Waals surface area contributed by atoms with Crippen molar-refractivity contribution in [1.82, 2.24) is 20.6 Å². The van der Waals surface area contributed by atoms with E-state index in [1.165, 1.54) is 23.5 Å². The maximum Gasteiger partial charge on any atom is 0.426 e. The molecule has 25 heavy (non-hydrogen) atoms. The fourth-order valence-corrected chi connectivity index (χ4v) is 3.33. The van der Waals surface area contributed by atoms with Gasteiger partial charge in [-0.15, -0.1) is 11.3 Å². The number of halogens is 1.